The molecule has 0 unspecified atom stereocenters. The number of halogens is 1. The first-order valence-electron chi connectivity index (χ1n) is 6.22. The third-order valence-corrected chi connectivity index (χ3v) is 2.97. The Bertz CT molecular complexity index is 693. The van der Waals surface area contributed by atoms with Gasteiger partial charge in [0, 0.05) is 24.7 Å². The van der Waals surface area contributed by atoms with Crippen molar-refractivity contribution in [1.82, 2.24) is 5.32 Å². The fraction of sp³-hybridized carbons (Fsp3) is 0.133. The van der Waals surface area contributed by atoms with Gasteiger partial charge in [0.2, 0.25) is 0 Å². The number of nitrogens with one attached hydrogen (secondary N) is 1. The van der Waals surface area contributed by atoms with Crippen LogP contribution in [0.4, 0.5) is 10.1 Å². The second-order valence-electron chi connectivity index (χ2n) is 4.44. The van der Waals surface area contributed by atoms with E-state index < -0.39 is 10.7 Å². The molecule has 0 bridgehead atoms. The fourth-order valence-corrected chi connectivity index (χ4v) is 1.91. The van der Waals surface area contributed by atoms with Crippen LogP contribution in [0.25, 0.3) is 0 Å². The monoisotopic (exact) mass is 285 g/mol. The molecule has 0 saturated heterocycles. The maximum absolute atomic E-state index is 13.2. The third-order valence-electron chi connectivity index (χ3n) is 2.97. The van der Waals surface area contributed by atoms with Crippen LogP contribution in [0, 0.1) is 27.3 Å². The first kappa shape index (κ1) is 14.6. The molecule has 0 amide bonds. The highest BCUT2D eigenvalue weighted by Gasteiger charge is 2.13. The maximum atomic E-state index is 13.2. The smallest absolute Gasteiger partial charge is 0.274 e. The van der Waals surface area contributed by atoms with Crippen LogP contribution in [0.3, 0.4) is 0 Å². The van der Waals surface area contributed by atoms with Gasteiger partial charge < -0.3 is 5.32 Å². The summed E-state index contributed by atoms with van der Waals surface area (Å²) in [6.07, 6.45) is 0. The van der Waals surface area contributed by atoms with Crippen molar-refractivity contribution in [1.29, 1.82) is 5.26 Å². The Balaban J connectivity index is 2.01. The molecule has 21 heavy (non-hydrogen) atoms. The largest absolute Gasteiger partial charge is 0.308 e. The molecule has 0 aliphatic carbocycles. The average molecular weight is 285 g/mol. The predicted octanol–water partition coefficient (Wildman–Crippen LogP) is 2.90. The summed E-state index contributed by atoms with van der Waals surface area (Å²) >= 11 is 0. The van der Waals surface area contributed by atoms with Crippen molar-refractivity contribution >= 4 is 5.69 Å². The molecule has 106 valence electrons. The first-order valence-corrected chi connectivity index (χ1v) is 6.22. The zero-order valence-corrected chi connectivity index (χ0v) is 11.0. The lowest BCUT2D eigenvalue weighted by molar-refractivity contribution is -0.385. The molecule has 5 nitrogen and oxygen atoms in total. The summed E-state index contributed by atoms with van der Waals surface area (Å²) in [5.74, 6) is -0.504. The van der Waals surface area contributed by atoms with Crippen molar-refractivity contribution in [3.05, 3.63) is 75.1 Å². The van der Waals surface area contributed by atoms with Gasteiger partial charge in [-0.2, -0.15) is 5.26 Å². The average Bonchev–Trinajstić information content (AvgIpc) is 2.48. The number of nitro groups is 1. The molecule has 2 aromatic carbocycles. The highest BCUT2D eigenvalue weighted by molar-refractivity contribution is 5.40. The Labute approximate surface area is 120 Å². The Morgan fingerprint density at radius 2 is 1.90 bits per heavy atom. The molecule has 0 radical (unpaired) electrons. The van der Waals surface area contributed by atoms with E-state index in [0.29, 0.717) is 17.7 Å². The fourth-order valence-electron chi connectivity index (χ4n) is 1.91. The Hall–Kier alpha value is -2.78. The van der Waals surface area contributed by atoms with E-state index in [2.05, 4.69) is 5.32 Å². The lowest BCUT2D eigenvalue weighted by Gasteiger charge is -2.06. The second-order valence-corrected chi connectivity index (χ2v) is 4.44. The third kappa shape index (κ3) is 3.84. The standard InChI is InChI=1S/C15H12FN3O2/c16-14-5-6-15(19(20)21)13(7-14)10-18-9-12-3-1-11(8-17)2-4-12/h1-7,18H,9-10H2. The lowest BCUT2D eigenvalue weighted by atomic mass is 10.1. The van der Waals surface area contributed by atoms with Crippen molar-refractivity contribution in [2.45, 2.75) is 13.1 Å². The number of nitriles is 1. The lowest BCUT2D eigenvalue weighted by Crippen LogP contribution is -2.14. The predicted molar refractivity (Wildman–Crippen MR) is 74.8 cm³/mol. The normalized spacial score (nSPS) is 10.1. The van der Waals surface area contributed by atoms with Crippen molar-refractivity contribution in [2.75, 3.05) is 0 Å². The van der Waals surface area contributed by atoms with Crippen LogP contribution in [-0.2, 0) is 13.1 Å². The van der Waals surface area contributed by atoms with Crippen LogP contribution < -0.4 is 5.32 Å². The number of hydrogen-bond acceptors (Lipinski definition) is 4. The van der Waals surface area contributed by atoms with Crippen LogP contribution in [0.2, 0.25) is 0 Å². The van der Waals surface area contributed by atoms with Crippen LogP contribution >= 0.6 is 0 Å². The van der Waals surface area contributed by atoms with Gasteiger partial charge in [-0.05, 0) is 29.8 Å². The number of hydrogen-bond donors (Lipinski definition) is 1. The molecular weight excluding hydrogens is 273 g/mol. The zero-order valence-electron chi connectivity index (χ0n) is 11.0. The molecule has 0 fully saturated rings. The summed E-state index contributed by atoms with van der Waals surface area (Å²) in [7, 11) is 0. The van der Waals surface area contributed by atoms with Gasteiger partial charge in [-0.1, -0.05) is 12.1 Å². The number of nitro benzene ring substituents is 1. The molecule has 0 aliphatic rings. The van der Waals surface area contributed by atoms with Crippen LogP contribution in [0.5, 0.6) is 0 Å². The van der Waals surface area contributed by atoms with E-state index in [1.54, 1.807) is 24.3 Å². The summed E-state index contributed by atoms with van der Waals surface area (Å²) in [5.41, 5.74) is 1.70. The van der Waals surface area contributed by atoms with Gasteiger partial charge >= 0.3 is 0 Å². The molecule has 0 aromatic heterocycles. The minimum Gasteiger partial charge on any atom is -0.308 e. The van der Waals surface area contributed by atoms with E-state index in [4.69, 9.17) is 5.26 Å². The van der Waals surface area contributed by atoms with E-state index in [1.165, 1.54) is 0 Å². The van der Waals surface area contributed by atoms with Crippen molar-refractivity contribution in [3.63, 3.8) is 0 Å². The van der Waals surface area contributed by atoms with Gasteiger partial charge in [-0.3, -0.25) is 10.1 Å². The molecule has 0 aliphatic heterocycles. The van der Waals surface area contributed by atoms with E-state index in [0.717, 1.165) is 23.8 Å². The van der Waals surface area contributed by atoms with Gasteiger partial charge in [-0.15, -0.1) is 0 Å². The summed E-state index contributed by atoms with van der Waals surface area (Å²) in [5, 5.41) is 22.6. The molecule has 0 heterocycles. The topological polar surface area (TPSA) is 79.0 Å². The van der Waals surface area contributed by atoms with E-state index >= 15 is 0 Å². The molecule has 0 saturated carbocycles. The van der Waals surface area contributed by atoms with Crippen LogP contribution in [-0.4, -0.2) is 4.92 Å². The first-order chi connectivity index (χ1) is 10.1. The van der Waals surface area contributed by atoms with Crippen molar-refractivity contribution in [2.24, 2.45) is 0 Å². The quantitative estimate of drug-likeness (QED) is 0.676. The van der Waals surface area contributed by atoms with E-state index in [9.17, 15) is 14.5 Å². The van der Waals surface area contributed by atoms with Crippen molar-refractivity contribution < 1.29 is 9.31 Å². The molecule has 2 aromatic rings. The van der Waals surface area contributed by atoms with Crippen molar-refractivity contribution in [3.8, 4) is 6.07 Å². The number of rotatable bonds is 5. The summed E-state index contributed by atoms with van der Waals surface area (Å²) in [6, 6.07) is 12.4. The van der Waals surface area contributed by atoms with Gasteiger partial charge in [0.05, 0.1) is 16.6 Å². The molecule has 0 spiro atoms. The van der Waals surface area contributed by atoms with Gasteiger partial charge in [0.15, 0.2) is 0 Å². The maximum Gasteiger partial charge on any atom is 0.274 e. The minimum atomic E-state index is -0.530. The summed E-state index contributed by atoms with van der Waals surface area (Å²) in [6.45, 7) is 0.660. The van der Waals surface area contributed by atoms with Gasteiger partial charge in [-0.25, -0.2) is 4.39 Å². The molecule has 0 atom stereocenters. The van der Waals surface area contributed by atoms with Gasteiger partial charge in [0.1, 0.15) is 5.82 Å². The molecule has 1 N–H and O–H groups in total. The Kier molecular flexibility index (Phi) is 4.59. The summed E-state index contributed by atoms with van der Waals surface area (Å²) in [4.78, 5) is 10.3. The number of nitrogens with zero attached hydrogens (tertiary/aromatic N) is 2. The highest BCUT2D eigenvalue weighted by Crippen LogP contribution is 2.19. The van der Waals surface area contributed by atoms with Crippen LogP contribution in [0.1, 0.15) is 16.7 Å². The number of benzene rings is 2. The van der Waals surface area contributed by atoms with E-state index in [1.807, 2.05) is 6.07 Å². The minimum absolute atomic E-state index is 0.108. The van der Waals surface area contributed by atoms with Gasteiger partial charge in [0.25, 0.3) is 5.69 Å². The Morgan fingerprint density at radius 1 is 1.19 bits per heavy atom. The zero-order chi connectivity index (χ0) is 15.2. The van der Waals surface area contributed by atoms with E-state index in [-0.39, 0.29) is 12.2 Å². The second kappa shape index (κ2) is 6.59. The molecule has 6 heteroatoms. The highest BCUT2D eigenvalue weighted by atomic mass is 19.1. The molecule has 2 rings (SSSR count). The SMILES string of the molecule is N#Cc1ccc(CNCc2cc(F)ccc2[N+](=O)[O-])cc1. The summed E-state index contributed by atoms with van der Waals surface area (Å²) < 4.78 is 13.2. The molecular formula is C15H12FN3O2. The Morgan fingerprint density at radius 3 is 2.52 bits per heavy atom. The van der Waals surface area contributed by atoms with Crippen LogP contribution in [0.15, 0.2) is 42.5 Å².